The molecule has 0 saturated carbocycles. The van der Waals surface area contributed by atoms with E-state index in [4.69, 9.17) is 10.8 Å². The summed E-state index contributed by atoms with van der Waals surface area (Å²) < 4.78 is 1.73. The maximum atomic E-state index is 11.7. The van der Waals surface area contributed by atoms with Gasteiger partial charge in [-0.3, -0.25) is 4.79 Å². The van der Waals surface area contributed by atoms with Gasteiger partial charge in [0, 0.05) is 13.0 Å². The van der Waals surface area contributed by atoms with Crippen LogP contribution in [0.15, 0.2) is 25.3 Å². The smallest absolute Gasteiger partial charge is 0.222 e. The minimum Gasteiger partial charge on any atom is -0.394 e. The van der Waals surface area contributed by atoms with Crippen molar-refractivity contribution in [3.63, 3.8) is 0 Å². The van der Waals surface area contributed by atoms with Crippen molar-refractivity contribution in [2.75, 3.05) is 12.3 Å². The molecule has 0 radical (unpaired) electrons. The average Bonchev–Trinajstić information content (AvgIpc) is 2.87. The molecular weight excluding hydrogens is 260 g/mol. The molecule has 106 valence electrons. The molecule has 1 amide bonds. The molecule has 0 bridgehead atoms. The van der Waals surface area contributed by atoms with Gasteiger partial charge in [0.25, 0.3) is 0 Å². The number of carbonyl (C=O) groups excluding carboxylic acids is 1. The molecule has 2 rings (SSSR count). The lowest BCUT2D eigenvalue weighted by Crippen LogP contribution is -2.36. The molecule has 0 saturated heterocycles. The molecule has 0 spiro atoms. The summed E-state index contributed by atoms with van der Waals surface area (Å²) in [5.41, 5.74) is 6.79. The van der Waals surface area contributed by atoms with Crippen molar-refractivity contribution in [3.05, 3.63) is 25.3 Å². The molecule has 8 nitrogen and oxygen atoms in total. The zero-order valence-electron chi connectivity index (χ0n) is 10.9. The Hall–Kier alpha value is -2.48. The SMILES string of the molecule is C=C[C@H](CO)NC(=O)CCn1cnc2c(N)ncnc21. The third kappa shape index (κ3) is 2.91. The highest BCUT2D eigenvalue weighted by atomic mass is 16.3. The van der Waals surface area contributed by atoms with Crippen LogP contribution in [0.2, 0.25) is 0 Å². The zero-order valence-corrected chi connectivity index (χ0v) is 10.9. The number of fused-ring (bicyclic) bond motifs is 1. The number of imidazole rings is 1. The highest BCUT2D eigenvalue weighted by Crippen LogP contribution is 2.14. The second kappa shape index (κ2) is 6.11. The Labute approximate surface area is 115 Å². The van der Waals surface area contributed by atoms with Gasteiger partial charge in [0.15, 0.2) is 11.5 Å². The number of rotatable bonds is 6. The summed E-state index contributed by atoms with van der Waals surface area (Å²) in [4.78, 5) is 23.8. The number of nitrogens with two attached hydrogens (primary N) is 1. The van der Waals surface area contributed by atoms with E-state index in [2.05, 4.69) is 26.8 Å². The Kier molecular flexibility index (Phi) is 4.26. The van der Waals surface area contributed by atoms with E-state index in [1.54, 1.807) is 10.9 Å². The number of nitrogen functional groups attached to an aromatic ring is 1. The number of nitrogens with zero attached hydrogens (tertiary/aromatic N) is 4. The normalized spacial score (nSPS) is 12.2. The number of aliphatic hydroxyl groups excluding tert-OH is 1. The van der Waals surface area contributed by atoms with Crippen LogP contribution < -0.4 is 11.1 Å². The standard InChI is InChI=1S/C12H16N6O2/c1-2-8(5-19)17-9(20)3-4-18-7-16-10-11(13)14-6-15-12(10)18/h2,6-8,19H,1,3-5H2,(H,17,20)(H2,13,14,15)/t8-/m1/s1. The number of hydrogen-bond acceptors (Lipinski definition) is 6. The zero-order chi connectivity index (χ0) is 14.5. The summed E-state index contributed by atoms with van der Waals surface area (Å²) in [6, 6.07) is -0.431. The van der Waals surface area contributed by atoms with E-state index in [-0.39, 0.29) is 18.9 Å². The van der Waals surface area contributed by atoms with Gasteiger partial charge in [0.05, 0.1) is 19.0 Å². The van der Waals surface area contributed by atoms with E-state index in [1.807, 2.05) is 0 Å². The van der Waals surface area contributed by atoms with Crippen molar-refractivity contribution in [2.45, 2.75) is 19.0 Å². The number of aliphatic hydroxyl groups is 1. The summed E-state index contributed by atoms with van der Waals surface area (Å²) in [6.45, 7) is 3.76. The van der Waals surface area contributed by atoms with Crippen molar-refractivity contribution >= 4 is 22.9 Å². The lowest BCUT2D eigenvalue weighted by atomic mass is 10.3. The topological polar surface area (TPSA) is 119 Å². The number of anilines is 1. The number of nitrogens with one attached hydrogen (secondary N) is 1. The van der Waals surface area contributed by atoms with Gasteiger partial charge in [-0.25, -0.2) is 15.0 Å². The van der Waals surface area contributed by atoms with E-state index >= 15 is 0 Å². The van der Waals surface area contributed by atoms with E-state index < -0.39 is 6.04 Å². The fourth-order valence-electron chi connectivity index (χ4n) is 1.74. The molecule has 2 aromatic rings. The summed E-state index contributed by atoms with van der Waals surface area (Å²) in [6.07, 6.45) is 4.65. The Morgan fingerprint density at radius 1 is 1.55 bits per heavy atom. The number of aromatic nitrogens is 4. The average molecular weight is 276 g/mol. The molecule has 8 heteroatoms. The van der Waals surface area contributed by atoms with Crippen LogP contribution in [-0.4, -0.2) is 43.2 Å². The van der Waals surface area contributed by atoms with E-state index in [0.29, 0.717) is 23.5 Å². The molecular formula is C12H16N6O2. The predicted molar refractivity (Wildman–Crippen MR) is 73.6 cm³/mol. The Balaban J connectivity index is 2.01. The van der Waals surface area contributed by atoms with Crippen LogP contribution in [0.4, 0.5) is 5.82 Å². The summed E-state index contributed by atoms with van der Waals surface area (Å²) in [7, 11) is 0. The van der Waals surface area contributed by atoms with Gasteiger partial charge in [-0.15, -0.1) is 6.58 Å². The Bertz CT molecular complexity index is 623. The first-order valence-electron chi connectivity index (χ1n) is 6.09. The molecule has 0 aliphatic heterocycles. The van der Waals surface area contributed by atoms with Crippen LogP contribution in [-0.2, 0) is 11.3 Å². The van der Waals surface area contributed by atoms with Crippen LogP contribution in [0, 0.1) is 0 Å². The number of aryl methyl sites for hydroxylation is 1. The van der Waals surface area contributed by atoms with Crippen molar-refractivity contribution in [1.82, 2.24) is 24.8 Å². The summed E-state index contributed by atoms with van der Waals surface area (Å²) >= 11 is 0. The van der Waals surface area contributed by atoms with Gasteiger partial charge < -0.3 is 20.7 Å². The third-order valence-corrected chi connectivity index (χ3v) is 2.84. The van der Waals surface area contributed by atoms with Crippen molar-refractivity contribution in [1.29, 1.82) is 0 Å². The highest BCUT2D eigenvalue weighted by Gasteiger charge is 2.11. The van der Waals surface area contributed by atoms with Gasteiger partial charge in [-0.05, 0) is 0 Å². The monoisotopic (exact) mass is 276 g/mol. The van der Waals surface area contributed by atoms with Crippen molar-refractivity contribution in [3.8, 4) is 0 Å². The van der Waals surface area contributed by atoms with E-state index in [0.717, 1.165) is 0 Å². The van der Waals surface area contributed by atoms with Gasteiger partial charge in [0.1, 0.15) is 11.8 Å². The van der Waals surface area contributed by atoms with E-state index in [1.165, 1.54) is 12.4 Å². The fraction of sp³-hybridized carbons (Fsp3) is 0.333. The maximum Gasteiger partial charge on any atom is 0.222 e. The molecule has 0 unspecified atom stereocenters. The van der Waals surface area contributed by atoms with Crippen molar-refractivity contribution in [2.24, 2.45) is 0 Å². The maximum absolute atomic E-state index is 11.7. The minimum atomic E-state index is -0.431. The molecule has 0 aromatic carbocycles. The molecule has 2 heterocycles. The molecule has 4 N–H and O–H groups in total. The number of carbonyl (C=O) groups is 1. The number of hydrogen-bond donors (Lipinski definition) is 3. The predicted octanol–water partition coefficient (Wildman–Crippen LogP) is -0.538. The minimum absolute atomic E-state index is 0.174. The first-order chi connectivity index (χ1) is 9.65. The Morgan fingerprint density at radius 2 is 2.35 bits per heavy atom. The lowest BCUT2D eigenvalue weighted by molar-refractivity contribution is -0.121. The van der Waals surface area contributed by atoms with Crippen LogP contribution >= 0.6 is 0 Å². The van der Waals surface area contributed by atoms with Crippen LogP contribution in [0.3, 0.4) is 0 Å². The second-order valence-corrected chi connectivity index (χ2v) is 4.21. The quantitative estimate of drug-likeness (QED) is 0.610. The van der Waals surface area contributed by atoms with Crippen LogP contribution in [0.1, 0.15) is 6.42 Å². The number of amides is 1. The summed E-state index contributed by atoms with van der Waals surface area (Å²) in [5, 5.41) is 11.6. The van der Waals surface area contributed by atoms with Crippen LogP contribution in [0.25, 0.3) is 11.2 Å². The molecule has 0 aliphatic carbocycles. The largest absolute Gasteiger partial charge is 0.394 e. The first kappa shape index (κ1) is 13.9. The lowest BCUT2D eigenvalue weighted by Gasteiger charge is -2.11. The molecule has 20 heavy (non-hydrogen) atoms. The Morgan fingerprint density at radius 3 is 3.05 bits per heavy atom. The fourth-order valence-corrected chi connectivity index (χ4v) is 1.74. The van der Waals surface area contributed by atoms with E-state index in [9.17, 15) is 4.79 Å². The van der Waals surface area contributed by atoms with Gasteiger partial charge >= 0.3 is 0 Å². The van der Waals surface area contributed by atoms with Crippen molar-refractivity contribution < 1.29 is 9.90 Å². The molecule has 0 aliphatic rings. The second-order valence-electron chi connectivity index (χ2n) is 4.21. The van der Waals surface area contributed by atoms with Gasteiger partial charge in [-0.1, -0.05) is 6.08 Å². The summed E-state index contributed by atoms with van der Waals surface area (Å²) in [5.74, 6) is 0.123. The first-order valence-corrected chi connectivity index (χ1v) is 6.09. The van der Waals surface area contributed by atoms with Gasteiger partial charge in [-0.2, -0.15) is 0 Å². The highest BCUT2D eigenvalue weighted by molar-refractivity contribution is 5.81. The third-order valence-electron chi connectivity index (χ3n) is 2.84. The molecule has 0 fully saturated rings. The van der Waals surface area contributed by atoms with Gasteiger partial charge in [0.2, 0.25) is 5.91 Å². The van der Waals surface area contributed by atoms with Crippen LogP contribution in [0.5, 0.6) is 0 Å². The molecule has 1 atom stereocenters. The molecule has 2 aromatic heterocycles.